The van der Waals surface area contributed by atoms with Crippen molar-refractivity contribution in [3.05, 3.63) is 84.7 Å². The number of fused-ring (bicyclic) bond motifs is 1. The minimum Gasteiger partial charge on any atom is -0.453 e. The number of nitrogens with zero attached hydrogens (tertiary/aromatic N) is 4. The number of carbonyl (C=O) groups excluding carboxylic acids is 4. The number of alkyl carbamates (subject to hydrolysis) is 2. The van der Waals surface area contributed by atoms with Crippen molar-refractivity contribution in [3.8, 4) is 33.6 Å². The molecular formula is C46H54N8O6. The third kappa shape index (κ3) is 7.94. The second-order valence-corrected chi connectivity index (χ2v) is 17.1. The van der Waals surface area contributed by atoms with Gasteiger partial charge >= 0.3 is 12.2 Å². The van der Waals surface area contributed by atoms with E-state index in [-0.39, 0.29) is 41.1 Å². The highest BCUT2D eigenvalue weighted by molar-refractivity contribution is 5.91. The van der Waals surface area contributed by atoms with Crippen LogP contribution in [-0.4, -0.2) is 93.1 Å². The van der Waals surface area contributed by atoms with Crippen molar-refractivity contribution in [2.75, 3.05) is 27.3 Å². The normalized spacial score (nSPS) is 20.4. The van der Waals surface area contributed by atoms with E-state index in [2.05, 4.69) is 88.2 Å². The Morgan fingerprint density at radius 2 is 1.35 bits per heavy atom. The van der Waals surface area contributed by atoms with E-state index in [0.717, 1.165) is 88.2 Å². The number of hydrogen-bond acceptors (Lipinski definition) is 8. The molecule has 4 N–H and O–H groups in total. The SMILES string of the molecule is CC[C@@H]1CCN(C(=O)[C@H](C)NC(=O)OC)[C@@H]1c1ncc(-c2ccc(-c3ccc4cc(-c5cnc([C@@H]6CC7(CC7)CN6C(=O)C(NC(=O)OC)C(C)C)[nH]5)ccc4c3)cc2)[nH]1. The zero-order chi connectivity index (χ0) is 42.3. The molecule has 1 spiro atoms. The van der Waals surface area contributed by atoms with Gasteiger partial charge in [0, 0.05) is 18.7 Å². The molecule has 5 aromatic rings. The summed E-state index contributed by atoms with van der Waals surface area (Å²) in [4.78, 5) is 71.5. The van der Waals surface area contributed by atoms with Gasteiger partial charge in [-0.05, 0) is 89.5 Å². The molecule has 14 nitrogen and oxygen atoms in total. The van der Waals surface area contributed by atoms with Crippen molar-refractivity contribution in [2.24, 2.45) is 17.3 Å². The molecule has 8 rings (SSSR count). The van der Waals surface area contributed by atoms with Crippen LogP contribution in [0.5, 0.6) is 0 Å². The number of carbonyl (C=O) groups is 4. The summed E-state index contributed by atoms with van der Waals surface area (Å²) in [7, 11) is 2.59. The van der Waals surface area contributed by atoms with Crippen molar-refractivity contribution in [1.29, 1.82) is 0 Å². The highest BCUT2D eigenvalue weighted by Gasteiger charge is 2.55. The van der Waals surface area contributed by atoms with E-state index >= 15 is 0 Å². The summed E-state index contributed by atoms with van der Waals surface area (Å²) >= 11 is 0. The van der Waals surface area contributed by atoms with Crippen LogP contribution in [0.25, 0.3) is 44.4 Å². The van der Waals surface area contributed by atoms with Crippen molar-refractivity contribution in [2.45, 2.75) is 84.0 Å². The van der Waals surface area contributed by atoms with E-state index in [9.17, 15) is 19.2 Å². The van der Waals surface area contributed by atoms with Gasteiger partial charge < -0.3 is 39.9 Å². The average molecular weight is 815 g/mol. The maximum Gasteiger partial charge on any atom is 0.407 e. The van der Waals surface area contributed by atoms with Crippen LogP contribution < -0.4 is 10.6 Å². The van der Waals surface area contributed by atoms with Crippen molar-refractivity contribution < 1.29 is 28.7 Å². The Hall–Kier alpha value is -6.18. The van der Waals surface area contributed by atoms with Crippen LogP contribution in [0.4, 0.5) is 9.59 Å². The molecule has 14 heteroatoms. The van der Waals surface area contributed by atoms with Crippen LogP contribution in [0, 0.1) is 17.3 Å². The second kappa shape index (κ2) is 16.5. The lowest BCUT2D eigenvalue weighted by Crippen LogP contribution is -2.51. The zero-order valence-corrected chi connectivity index (χ0v) is 35.1. The van der Waals surface area contributed by atoms with E-state index < -0.39 is 24.3 Å². The van der Waals surface area contributed by atoms with Gasteiger partial charge in [0.15, 0.2) is 0 Å². The Morgan fingerprint density at radius 3 is 2.00 bits per heavy atom. The molecule has 3 fully saturated rings. The molecule has 2 aromatic heterocycles. The van der Waals surface area contributed by atoms with Gasteiger partial charge in [0.2, 0.25) is 11.8 Å². The Bertz CT molecular complexity index is 2400. The fourth-order valence-corrected chi connectivity index (χ4v) is 9.12. The summed E-state index contributed by atoms with van der Waals surface area (Å²) in [5, 5.41) is 7.55. The highest BCUT2D eigenvalue weighted by atomic mass is 16.5. The number of amides is 4. The van der Waals surface area contributed by atoms with Crippen LogP contribution in [0.1, 0.15) is 83.5 Å². The lowest BCUT2D eigenvalue weighted by atomic mass is 9.97. The third-order valence-corrected chi connectivity index (χ3v) is 12.8. The molecule has 3 aromatic carbocycles. The first-order valence-electron chi connectivity index (χ1n) is 21.0. The minimum absolute atomic E-state index is 0.105. The van der Waals surface area contributed by atoms with Gasteiger partial charge in [-0.2, -0.15) is 0 Å². The first-order valence-corrected chi connectivity index (χ1v) is 21.0. The van der Waals surface area contributed by atoms with E-state index in [1.807, 2.05) is 36.0 Å². The van der Waals surface area contributed by atoms with Crippen LogP contribution in [-0.2, 0) is 19.1 Å². The Labute approximate surface area is 349 Å². The molecule has 60 heavy (non-hydrogen) atoms. The summed E-state index contributed by atoms with van der Waals surface area (Å²) < 4.78 is 9.52. The number of aromatic nitrogens is 4. The zero-order valence-electron chi connectivity index (χ0n) is 35.1. The van der Waals surface area contributed by atoms with E-state index in [1.165, 1.54) is 14.2 Å². The Balaban J connectivity index is 0.962. The van der Waals surface area contributed by atoms with Gasteiger partial charge in [-0.3, -0.25) is 9.59 Å². The largest absolute Gasteiger partial charge is 0.453 e. The predicted molar refractivity (Wildman–Crippen MR) is 227 cm³/mol. The number of hydrogen-bond donors (Lipinski definition) is 4. The molecular weight excluding hydrogens is 761 g/mol. The van der Waals surface area contributed by atoms with Gasteiger partial charge in [0.05, 0.1) is 50.1 Å². The van der Waals surface area contributed by atoms with E-state index in [0.29, 0.717) is 13.1 Å². The average Bonchev–Trinajstić information content (AvgIpc) is 3.75. The van der Waals surface area contributed by atoms with Crippen molar-refractivity contribution >= 4 is 34.8 Å². The van der Waals surface area contributed by atoms with Crippen molar-refractivity contribution in [1.82, 2.24) is 40.4 Å². The number of nitrogens with one attached hydrogen (secondary N) is 4. The summed E-state index contributed by atoms with van der Waals surface area (Å²) in [6.45, 7) is 8.90. The number of methoxy groups -OCH3 is 2. The van der Waals surface area contributed by atoms with Crippen LogP contribution in [0.3, 0.4) is 0 Å². The molecule has 4 amide bonds. The predicted octanol–water partition coefficient (Wildman–Crippen LogP) is 7.77. The van der Waals surface area contributed by atoms with E-state index in [4.69, 9.17) is 19.4 Å². The fourth-order valence-electron chi connectivity index (χ4n) is 9.12. The molecule has 314 valence electrons. The molecule has 3 aliphatic rings. The minimum atomic E-state index is -0.717. The molecule has 2 aliphatic heterocycles. The number of benzene rings is 3. The van der Waals surface area contributed by atoms with Gasteiger partial charge in [-0.25, -0.2) is 19.6 Å². The van der Waals surface area contributed by atoms with Gasteiger partial charge in [-0.1, -0.05) is 75.7 Å². The van der Waals surface area contributed by atoms with Crippen LogP contribution >= 0.6 is 0 Å². The van der Waals surface area contributed by atoms with E-state index in [1.54, 1.807) is 6.92 Å². The summed E-state index contributed by atoms with van der Waals surface area (Å²) in [5.74, 6) is 1.37. The first-order chi connectivity index (χ1) is 28.9. The number of ether oxygens (including phenoxy) is 2. The molecule has 2 saturated heterocycles. The number of H-pyrrole nitrogens is 2. The van der Waals surface area contributed by atoms with Gasteiger partial charge in [-0.15, -0.1) is 0 Å². The number of imidazole rings is 2. The first kappa shape index (κ1) is 40.6. The van der Waals surface area contributed by atoms with Crippen LogP contribution in [0.15, 0.2) is 73.1 Å². The monoisotopic (exact) mass is 814 g/mol. The quantitative estimate of drug-likeness (QED) is 0.105. The van der Waals surface area contributed by atoms with Crippen molar-refractivity contribution in [3.63, 3.8) is 0 Å². The highest BCUT2D eigenvalue weighted by Crippen LogP contribution is 2.58. The summed E-state index contributed by atoms with van der Waals surface area (Å²) in [6.07, 6.45) is 7.20. The van der Waals surface area contributed by atoms with Crippen LogP contribution in [0.2, 0.25) is 0 Å². The molecule has 1 aliphatic carbocycles. The Kier molecular flexibility index (Phi) is 11.1. The second-order valence-electron chi connectivity index (χ2n) is 17.1. The molecule has 1 unspecified atom stereocenters. The maximum atomic E-state index is 13.9. The number of likely N-dealkylation sites (tertiary alicyclic amines) is 2. The molecule has 0 radical (unpaired) electrons. The fraction of sp³-hybridized carbons (Fsp3) is 0.435. The number of rotatable bonds is 11. The molecule has 5 atom stereocenters. The number of aromatic amines is 2. The lowest BCUT2D eigenvalue weighted by molar-refractivity contribution is -0.136. The summed E-state index contributed by atoms with van der Waals surface area (Å²) in [5.41, 5.74) is 6.04. The maximum absolute atomic E-state index is 13.9. The lowest BCUT2D eigenvalue weighted by Gasteiger charge is -2.30. The molecule has 1 saturated carbocycles. The standard InChI is InChI=1S/C46H54N8O6/c1-7-28-16-19-53(42(55)27(4)49-44(57)59-5)39(28)41-48-23-35(51-41)30-10-8-29(9-11-30)31-12-13-33-21-34(15-14-32(33)20-31)36-24-47-40(50-36)37-22-46(17-18-46)25-54(37)43(56)38(26(2)3)52-45(58)60-6/h8-15,20-21,23-24,26-28,37-39H,7,16-19,22,25H2,1-6H3,(H,47,50)(H,48,51)(H,49,57)(H,52,58)/t27-,28+,37-,38?,39-/m0/s1. The topological polar surface area (TPSA) is 175 Å². The smallest absolute Gasteiger partial charge is 0.407 e. The van der Waals surface area contributed by atoms with Gasteiger partial charge in [0.25, 0.3) is 0 Å². The van der Waals surface area contributed by atoms with Gasteiger partial charge in [0.1, 0.15) is 23.7 Å². The molecule has 0 bridgehead atoms. The third-order valence-electron chi connectivity index (χ3n) is 12.8. The molecule has 4 heterocycles. The summed E-state index contributed by atoms with van der Waals surface area (Å²) in [6, 6.07) is 19.4. The Morgan fingerprint density at radius 1 is 0.767 bits per heavy atom.